The summed E-state index contributed by atoms with van der Waals surface area (Å²) in [6.07, 6.45) is 0. The van der Waals surface area contributed by atoms with Gasteiger partial charge < -0.3 is 10.0 Å². The van der Waals surface area contributed by atoms with Crippen LogP contribution in [-0.4, -0.2) is 33.8 Å². The third-order valence-corrected chi connectivity index (χ3v) is 2.98. The number of hydrogen-bond acceptors (Lipinski definition) is 2. The lowest BCUT2D eigenvalue weighted by atomic mass is 10.2. The van der Waals surface area contributed by atoms with Crippen LogP contribution in [0.25, 0.3) is 0 Å². The molecule has 1 aromatic rings. The Morgan fingerprint density at radius 2 is 1.83 bits per heavy atom. The van der Waals surface area contributed by atoms with Crippen LogP contribution >= 0.6 is 31.9 Å². The molecule has 5 heteroatoms. The lowest BCUT2D eigenvalue weighted by Gasteiger charge is -2.27. The summed E-state index contributed by atoms with van der Waals surface area (Å²) >= 11 is 7.07. The molecule has 1 rings (SSSR count). The normalized spacial score (nSPS) is 14.0. The number of carboxylic acids is 1. The standard InChI is InChI=1S/C13H17Br2NO2/c1-9(14)7-16(8-10(2)15)12-5-3-4-11(6-12)13(17)18/h3-6,9-10H,7-8H2,1-2H3,(H,17,18)/t9-,10+. The molecule has 3 nitrogen and oxygen atoms in total. The molecule has 0 aromatic heterocycles. The van der Waals surface area contributed by atoms with Crippen LogP contribution < -0.4 is 4.90 Å². The molecule has 0 radical (unpaired) electrons. The molecule has 0 aliphatic rings. The minimum absolute atomic E-state index is 0.321. The summed E-state index contributed by atoms with van der Waals surface area (Å²) in [5, 5.41) is 9.02. The van der Waals surface area contributed by atoms with Gasteiger partial charge in [0, 0.05) is 28.4 Å². The Balaban J connectivity index is 2.96. The summed E-state index contributed by atoms with van der Waals surface area (Å²) in [6.45, 7) is 5.82. The van der Waals surface area contributed by atoms with Gasteiger partial charge in [-0.3, -0.25) is 0 Å². The highest BCUT2D eigenvalue weighted by Crippen LogP contribution is 2.19. The lowest BCUT2D eigenvalue weighted by molar-refractivity contribution is 0.0697. The van der Waals surface area contributed by atoms with E-state index in [1.54, 1.807) is 18.2 Å². The Hall–Kier alpha value is -0.550. The lowest BCUT2D eigenvalue weighted by Crippen LogP contribution is -2.33. The van der Waals surface area contributed by atoms with Gasteiger partial charge >= 0.3 is 5.97 Å². The van der Waals surface area contributed by atoms with Crippen LogP contribution in [0.4, 0.5) is 5.69 Å². The number of hydrogen-bond donors (Lipinski definition) is 1. The summed E-state index contributed by atoms with van der Waals surface area (Å²) in [6, 6.07) is 7.05. The predicted molar refractivity (Wildman–Crippen MR) is 82.4 cm³/mol. The van der Waals surface area contributed by atoms with E-state index in [0.29, 0.717) is 15.2 Å². The van der Waals surface area contributed by atoms with Gasteiger partial charge in [-0.05, 0) is 18.2 Å². The zero-order valence-corrected chi connectivity index (χ0v) is 13.6. The van der Waals surface area contributed by atoms with Crippen LogP contribution in [0.5, 0.6) is 0 Å². The largest absolute Gasteiger partial charge is 0.478 e. The van der Waals surface area contributed by atoms with Gasteiger partial charge in [0.15, 0.2) is 0 Å². The molecule has 0 aliphatic heterocycles. The van der Waals surface area contributed by atoms with Gasteiger partial charge in [-0.1, -0.05) is 51.8 Å². The summed E-state index contributed by atoms with van der Waals surface area (Å²) in [7, 11) is 0. The monoisotopic (exact) mass is 377 g/mol. The van der Waals surface area contributed by atoms with Gasteiger partial charge in [0.25, 0.3) is 0 Å². The number of aromatic carboxylic acids is 1. The Morgan fingerprint density at radius 1 is 1.28 bits per heavy atom. The molecule has 18 heavy (non-hydrogen) atoms. The molecule has 1 N–H and O–H groups in total. The quantitative estimate of drug-likeness (QED) is 0.766. The van der Waals surface area contributed by atoms with E-state index in [4.69, 9.17) is 5.11 Å². The average Bonchev–Trinajstić information content (AvgIpc) is 2.27. The van der Waals surface area contributed by atoms with Gasteiger partial charge in [-0.15, -0.1) is 0 Å². The maximum absolute atomic E-state index is 11.0. The number of carboxylic acid groups (broad SMARTS) is 1. The van der Waals surface area contributed by atoms with Crippen molar-refractivity contribution in [1.29, 1.82) is 0 Å². The first-order valence-corrected chi connectivity index (χ1v) is 7.59. The van der Waals surface area contributed by atoms with Gasteiger partial charge in [0.2, 0.25) is 0 Å². The second kappa shape index (κ2) is 7.14. The van der Waals surface area contributed by atoms with E-state index in [2.05, 4.69) is 50.6 Å². The fourth-order valence-electron chi connectivity index (χ4n) is 1.73. The fraction of sp³-hybridized carbons (Fsp3) is 0.462. The van der Waals surface area contributed by atoms with Crippen LogP contribution in [0.1, 0.15) is 24.2 Å². The van der Waals surface area contributed by atoms with E-state index >= 15 is 0 Å². The van der Waals surface area contributed by atoms with Gasteiger partial charge in [0.05, 0.1) is 5.56 Å². The average molecular weight is 379 g/mol. The minimum Gasteiger partial charge on any atom is -0.478 e. The van der Waals surface area contributed by atoms with Crippen molar-refractivity contribution >= 4 is 43.5 Å². The van der Waals surface area contributed by atoms with Crippen LogP contribution in [0, 0.1) is 0 Å². The van der Waals surface area contributed by atoms with Crippen LogP contribution in [0.15, 0.2) is 24.3 Å². The molecule has 0 aliphatic carbocycles. The van der Waals surface area contributed by atoms with Crippen molar-refractivity contribution in [2.45, 2.75) is 23.5 Å². The van der Waals surface area contributed by atoms with Crippen molar-refractivity contribution < 1.29 is 9.90 Å². The molecule has 2 atom stereocenters. The Kier molecular flexibility index (Phi) is 6.15. The summed E-state index contributed by atoms with van der Waals surface area (Å²) in [4.78, 5) is 13.8. The number of rotatable bonds is 6. The number of alkyl halides is 2. The molecule has 0 unspecified atom stereocenters. The van der Waals surface area contributed by atoms with Crippen LogP contribution in [-0.2, 0) is 0 Å². The molecule has 0 spiro atoms. The van der Waals surface area contributed by atoms with Crippen LogP contribution in [0.2, 0.25) is 0 Å². The second-order valence-electron chi connectivity index (χ2n) is 4.32. The van der Waals surface area contributed by atoms with Crippen molar-refractivity contribution in [2.75, 3.05) is 18.0 Å². The molecule has 0 amide bonds. The molecule has 0 saturated heterocycles. The first-order chi connectivity index (χ1) is 8.40. The smallest absolute Gasteiger partial charge is 0.335 e. The Bertz CT molecular complexity index is 398. The number of carbonyl (C=O) groups is 1. The predicted octanol–water partition coefficient (Wildman–Crippen LogP) is 3.76. The molecule has 100 valence electrons. The number of halogens is 2. The van der Waals surface area contributed by atoms with E-state index in [-0.39, 0.29) is 0 Å². The first kappa shape index (κ1) is 15.5. The van der Waals surface area contributed by atoms with Crippen molar-refractivity contribution in [1.82, 2.24) is 0 Å². The van der Waals surface area contributed by atoms with Crippen molar-refractivity contribution in [2.24, 2.45) is 0 Å². The summed E-state index contributed by atoms with van der Waals surface area (Å²) < 4.78 is 0. The number of nitrogens with zero attached hydrogens (tertiary/aromatic N) is 1. The van der Waals surface area contributed by atoms with Crippen LogP contribution in [0.3, 0.4) is 0 Å². The Labute approximate surface area is 124 Å². The van der Waals surface area contributed by atoms with Gasteiger partial charge in [-0.2, -0.15) is 0 Å². The second-order valence-corrected chi connectivity index (χ2v) is 7.45. The molecule has 0 fully saturated rings. The highest BCUT2D eigenvalue weighted by atomic mass is 79.9. The third kappa shape index (κ3) is 4.98. The zero-order chi connectivity index (χ0) is 13.7. The summed E-state index contributed by atoms with van der Waals surface area (Å²) in [5.74, 6) is -0.893. The van der Waals surface area contributed by atoms with Crippen molar-refractivity contribution in [3.05, 3.63) is 29.8 Å². The molecule has 1 aromatic carbocycles. The number of benzene rings is 1. The third-order valence-electron chi connectivity index (χ3n) is 2.40. The topological polar surface area (TPSA) is 40.5 Å². The molecular formula is C13H17Br2NO2. The molecule has 0 heterocycles. The van der Waals surface area contributed by atoms with E-state index in [1.165, 1.54) is 0 Å². The Morgan fingerprint density at radius 3 is 2.28 bits per heavy atom. The minimum atomic E-state index is -0.893. The van der Waals surface area contributed by atoms with Gasteiger partial charge in [0.1, 0.15) is 0 Å². The van der Waals surface area contributed by atoms with Gasteiger partial charge in [-0.25, -0.2) is 4.79 Å². The first-order valence-electron chi connectivity index (χ1n) is 5.76. The highest BCUT2D eigenvalue weighted by molar-refractivity contribution is 9.09. The molecular weight excluding hydrogens is 362 g/mol. The van der Waals surface area contributed by atoms with E-state index < -0.39 is 5.97 Å². The summed E-state index contributed by atoms with van der Waals surface area (Å²) in [5.41, 5.74) is 1.26. The maximum Gasteiger partial charge on any atom is 0.335 e. The van der Waals surface area contributed by atoms with E-state index in [9.17, 15) is 4.79 Å². The van der Waals surface area contributed by atoms with Crippen molar-refractivity contribution in [3.8, 4) is 0 Å². The highest BCUT2D eigenvalue weighted by Gasteiger charge is 2.13. The van der Waals surface area contributed by atoms with Crippen molar-refractivity contribution in [3.63, 3.8) is 0 Å². The fourth-order valence-corrected chi connectivity index (χ4v) is 2.43. The zero-order valence-electron chi connectivity index (χ0n) is 10.4. The van der Waals surface area contributed by atoms with E-state index in [0.717, 1.165) is 18.8 Å². The SMILES string of the molecule is C[C@H](Br)CN(C[C@@H](C)Br)c1cccc(C(=O)O)c1. The molecule has 0 bridgehead atoms. The molecule has 0 saturated carbocycles. The van der Waals surface area contributed by atoms with E-state index in [1.807, 2.05) is 6.07 Å². The number of anilines is 1. The maximum atomic E-state index is 11.0.